The smallest absolute Gasteiger partial charge is 0.224 e. The molecule has 0 saturated carbocycles. The molecule has 162 valence electrons. The second-order valence-electron chi connectivity index (χ2n) is 9.60. The Kier molecular flexibility index (Phi) is 6.31. The molecule has 0 fully saturated rings. The molecule has 1 aliphatic rings. The Morgan fingerprint density at radius 3 is 2.27 bits per heavy atom. The van der Waals surface area contributed by atoms with E-state index in [1.807, 2.05) is 0 Å². The normalized spacial score (nSPS) is 17.0. The van der Waals surface area contributed by atoms with Crippen molar-refractivity contribution in [2.24, 2.45) is 0 Å². The van der Waals surface area contributed by atoms with Crippen molar-refractivity contribution in [3.63, 3.8) is 0 Å². The van der Waals surface area contributed by atoms with Crippen LogP contribution in [0, 0.1) is 20.8 Å². The first-order chi connectivity index (χ1) is 14.1. The topological polar surface area (TPSA) is 38.3 Å². The third-order valence-electron chi connectivity index (χ3n) is 6.61. The second kappa shape index (κ2) is 8.45. The van der Waals surface area contributed by atoms with Crippen LogP contribution in [0.3, 0.4) is 0 Å². The number of benzene rings is 2. The Bertz CT molecular complexity index is 939. The molecule has 1 aliphatic heterocycles. The zero-order valence-corrected chi connectivity index (χ0v) is 19.9. The second-order valence-corrected chi connectivity index (χ2v) is 9.60. The van der Waals surface area contributed by atoms with Crippen molar-refractivity contribution in [3.8, 4) is 5.75 Å². The summed E-state index contributed by atoms with van der Waals surface area (Å²) < 4.78 is 6.54. The monoisotopic (exact) mass is 407 g/mol. The van der Waals surface area contributed by atoms with Gasteiger partial charge in [0, 0.05) is 17.7 Å². The highest BCUT2D eigenvalue weighted by atomic mass is 16.5. The summed E-state index contributed by atoms with van der Waals surface area (Å²) in [7, 11) is 0. The first kappa shape index (κ1) is 22.4. The number of carbonyl (C=O) groups is 1. The van der Waals surface area contributed by atoms with Crippen LogP contribution >= 0.6 is 0 Å². The molecule has 2 aromatic carbocycles. The van der Waals surface area contributed by atoms with Crippen molar-refractivity contribution in [3.05, 3.63) is 57.6 Å². The molecule has 1 heterocycles. The van der Waals surface area contributed by atoms with Crippen molar-refractivity contribution in [1.82, 2.24) is 0 Å². The summed E-state index contributed by atoms with van der Waals surface area (Å²) in [6, 6.07) is 8.96. The fourth-order valence-corrected chi connectivity index (χ4v) is 4.66. The van der Waals surface area contributed by atoms with E-state index in [0.717, 1.165) is 41.0 Å². The Hall–Kier alpha value is -2.29. The molecule has 1 atom stereocenters. The van der Waals surface area contributed by atoms with Crippen LogP contribution in [0.2, 0.25) is 0 Å². The van der Waals surface area contributed by atoms with Crippen LogP contribution in [-0.4, -0.2) is 11.5 Å². The van der Waals surface area contributed by atoms with Gasteiger partial charge in [0.05, 0.1) is 5.92 Å². The standard InChI is InChI=1S/C27H37NO2/c1-9-10-11-22(29)28-25-17(4)18(5)26-23(19(25)6)24(27(7,8)30-26)21-14-12-20(13-15-21)16(2)3/h12-16,24H,9-11H2,1-8H3,(H,28,29). The van der Waals surface area contributed by atoms with Crippen LogP contribution in [-0.2, 0) is 4.79 Å². The molecule has 0 spiro atoms. The van der Waals surface area contributed by atoms with Crippen LogP contribution < -0.4 is 10.1 Å². The maximum atomic E-state index is 12.5. The molecule has 0 aliphatic carbocycles. The minimum atomic E-state index is -0.353. The third kappa shape index (κ3) is 3.99. The lowest BCUT2D eigenvalue weighted by atomic mass is 9.78. The molecule has 0 radical (unpaired) electrons. The minimum absolute atomic E-state index is 0.0958. The van der Waals surface area contributed by atoms with Gasteiger partial charge in [0.1, 0.15) is 11.4 Å². The summed E-state index contributed by atoms with van der Waals surface area (Å²) in [4.78, 5) is 12.5. The van der Waals surface area contributed by atoms with Gasteiger partial charge < -0.3 is 10.1 Å². The third-order valence-corrected chi connectivity index (χ3v) is 6.61. The molecule has 2 aromatic rings. The van der Waals surface area contributed by atoms with E-state index in [2.05, 4.69) is 85.0 Å². The van der Waals surface area contributed by atoms with Gasteiger partial charge in [-0.15, -0.1) is 0 Å². The number of nitrogens with one attached hydrogen (secondary N) is 1. The quantitative estimate of drug-likeness (QED) is 0.551. The number of ether oxygens (including phenoxy) is 1. The highest BCUT2D eigenvalue weighted by molar-refractivity contribution is 5.93. The lowest BCUT2D eigenvalue weighted by Crippen LogP contribution is -2.31. The molecule has 1 amide bonds. The fourth-order valence-electron chi connectivity index (χ4n) is 4.66. The van der Waals surface area contributed by atoms with Crippen molar-refractivity contribution in [2.45, 2.75) is 92.1 Å². The van der Waals surface area contributed by atoms with E-state index < -0.39 is 0 Å². The van der Waals surface area contributed by atoms with E-state index >= 15 is 0 Å². The Balaban J connectivity index is 2.10. The average Bonchev–Trinajstić information content (AvgIpc) is 2.99. The molecule has 0 aromatic heterocycles. The van der Waals surface area contributed by atoms with E-state index in [9.17, 15) is 4.79 Å². The molecule has 0 saturated heterocycles. The molecule has 3 heteroatoms. The van der Waals surface area contributed by atoms with Gasteiger partial charge in [0.25, 0.3) is 0 Å². The van der Waals surface area contributed by atoms with Gasteiger partial charge in [0.15, 0.2) is 0 Å². The number of amides is 1. The molecule has 1 unspecified atom stereocenters. The van der Waals surface area contributed by atoms with Crippen LogP contribution in [0.25, 0.3) is 0 Å². The molecule has 3 rings (SSSR count). The van der Waals surface area contributed by atoms with Crippen molar-refractivity contribution in [1.29, 1.82) is 0 Å². The summed E-state index contributed by atoms with van der Waals surface area (Å²) in [5, 5.41) is 3.21. The molecule has 0 bridgehead atoms. The van der Waals surface area contributed by atoms with E-state index in [1.165, 1.54) is 16.7 Å². The SMILES string of the molecule is CCCCC(=O)Nc1c(C)c(C)c2c(c1C)C(c1ccc(C(C)C)cc1)C(C)(C)O2. The first-order valence-corrected chi connectivity index (χ1v) is 11.3. The van der Waals surface area contributed by atoms with Crippen molar-refractivity contribution >= 4 is 11.6 Å². The summed E-state index contributed by atoms with van der Waals surface area (Å²) in [6.07, 6.45) is 2.49. The van der Waals surface area contributed by atoms with Crippen molar-refractivity contribution < 1.29 is 9.53 Å². The van der Waals surface area contributed by atoms with E-state index in [1.54, 1.807) is 0 Å². The molecule has 3 nitrogen and oxygen atoms in total. The number of hydrogen-bond acceptors (Lipinski definition) is 2. The predicted octanol–water partition coefficient (Wildman–Crippen LogP) is 7.17. The number of fused-ring (bicyclic) bond motifs is 1. The van der Waals surface area contributed by atoms with Crippen LogP contribution in [0.1, 0.15) is 99.1 Å². The van der Waals surface area contributed by atoms with Gasteiger partial charge in [-0.2, -0.15) is 0 Å². The Labute approximate surface area is 182 Å². The minimum Gasteiger partial charge on any atom is -0.486 e. The van der Waals surface area contributed by atoms with Crippen LogP contribution in [0.5, 0.6) is 5.75 Å². The largest absolute Gasteiger partial charge is 0.486 e. The first-order valence-electron chi connectivity index (χ1n) is 11.3. The van der Waals surface area contributed by atoms with Gasteiger partial charge in [-0.3, -0.25) is 4.79 Å². The number of rotatable bonds is 6. The number of carbonyl (C=O) groups excluding carboxylic acids is 1. The highest BCUT2D eigenvalue weighted by Gasteiger charge is 2.45. The summed E-state index contributed by atoms with van der Waals surface area (Å²) in [5.41, 5.74) is 7.77. The van der Waals surface area contributed by atoms with Crippen LogP contribution in [0.15, 0.2) is 24.3 Å². The lowest BCUT2D eigenvalue weighted by Gasteiger charge is -2.27. The van der Waals surface area contributed by atoms with Gasteiger partial charge >= 0.3 is 0 Å². The highest BCUT2D eigenvalue weighted by Crippen LogP contribution is 2.53. The van der Waals surface area contributed by atoms with Gasteiger partial charge in [0.2, 0.25) is 5.91 Å². The zero-order chi connectivity index (χ0) is 22.2. The molecular formula is C27H37NO2. The molecule has 1 N–H and O–H groups in total. The Morgan fingerprint density at radius 2 is 1.70 bits per heavy atom. The van der Waals surface area contributed by atoms with Gasteiger partial charge in [-0.05, 0) is 74.8 Å². The van der Waals surface area contributed by atoms with E-state index in [4.69, 9.17) is 4.74 Å². The number of anilines is 1. The number of hydrogen-bond donors (Lipinski definition) is 1. The van der Waals surface area contributed by atoms with Crippen LogP contribution in [0.4, 0.5) is 5.69 Å². The fraction of sp³-hybridized carbons (Fsp3) is 0.519. The van der Waals surface area contributed by atoms with Gasteiger partial charge in [-0.1, -0.05) is 51.5 Å². The summed E-state index contributed by atoms with van der Waals surface area (Å²) in [6.45, 7) is 17.2. The molecular weight excluding hydrogens is 370 g/mol. The zero-order valence-electron chi connectivity index (χ0n) is 19.9. The summed E-state index contributed by atoms with van der Waals surface area (Å²) in [5.74, 6) is 1.72. The van der Waals surface area contributed by atoms with E-state index in [-0.39, 0.29) is 17.4 Å². The van der Waals surface area contributed by atoms with Gasteiger partial charge in [-0.25, -0.2) is 0 Å². The Morgan fingerprint density at radius 1 is 1.07 bits per heavy atom. The average molecular weight is 408 g/mol. The molecule has 30 heavy (non-hydrogen) atoms. The maximum absolute atomic E-state index is 12.5. The predicted molar refractivity (Wildman–Crippen MR) is 126 cm³/mol. The number of unbranched alkanes of at least 4 members (excludes halogenated alkanes) is 1. The summed E-state index contributed by atoms with van der Waals surface area (Å²) >= 11 is 0. The lowest BCUT2D eigenvalue weighted by molar-refractivity contribution is -0.116. The maximum Gasteiger partial charge on any atom is 0.224 e. The van der Waals surface area contributed by atoms with Crippen molar-refractivity contribution in [2.75, 3.05) is 5.32 Å². The van der Waals surface area contributed by atoms with E-state index in [0.29, 0.717) is 12.3 Å².